The number of nitrogens with one attached hydrogen (secondary N) is 1. The highest BCUT2D eigenvalue weighted by molar-refractivity contribution is 7.08. The summed E-state index contributed by atoms with van der Waals surface area (Å²) in [7, 11) is 1.63. The number of anilines is 1. The number of carbonyl (C=O) groups excluding carboxylic acids is 2. The molecule has 1 aliphatic rings. The molecule has 2 atom stereocenters. The molecule has 7 heteroatoms. The van der Waals surface area contributed by atoms with Gasteiger partial charge in [0.2, 0.25) is 0 Å². The smallest absolute Gasteiger partial charge is 0.333 e. The standard InChI is InChI=1S/C29H34N2O4S/c1-3-27(22-13-16-31(17-14-22)19-26(32)21-7-5-4-6-8-21)35-29(33)28(23-15-18-36-20-23)30-24-9-11-25(34-2)12-10-24/h4-12,15,18,20,22,27-28,30H,3,13-14,16-17,19H2,1-2H3/t27-,28?/m0/s1. The fourth-order valence-electron chi connectivity index (χ4n) is 4.70. The van der Waals surface area contributed by atoms with Gasteiger partial charge in [0.05, 0.1) is 13.7 Å². The van der Waals surface area contributed by atoms with Crippen molar-refractivity contribution in [2.75, 3.05) is 32.1 Å². The summed E-state index contributed by atoms with van der Waals surface area (Å²) in [5.74, 6) is 0.928. The van der Waals surface area contributed by atoms with Crippen molar-refractivity contribution < 1.29 is 19.1 Å². The van der Waals surface area contributed by atoms with Crippen molar-refractivity contribution in [2.45, 2.75) is 38.3 Å². The zero-order valence-electron chi connectivity index (χ0n) is 20.9. The monoisotopic (exact) mass is 506 g/mol. The van der Waals surface area contributed by atoms with Gasteiger partial charge in [-0.25, -0.2) is 4.79 Å². The number of rotatable bonds is 11. The lowest BCUT2D eigenvalue weighted by atomic mass is 9.89. The van der Waals surface area contributed by atoms with Gasteiger partial charge in [-0.15, -0.1) is 0 Å². The molecule has 4 rings (SSSR count). The van der Waals surface area contributed by atoms with E-state index in [1.54, 1.807) is 18.4 Å². The van der Waals surface area contributed by atoms with Crippen LogP contribution in [0.4, 0.5) is 5.69 Å². The number of nitrogens with zero attached hydrogens (tertiary/aromatic N) is 1. The summed E-state index contributed by atoms with van der Waals surface area (Å²) < 4.78 is 11.4. The maximum Gasteiger partial charge on any atom is 0.333 e. The third-order valence-electron chi connectivity index (χ3n) is 6.80. The van der Waals surface area contributed by atoms with E-state index in [-0.39, 0.29) is 23.8 Å². The molecule has 36 heavy (non-hydrogen) atoms. The van der Waals surface area contributed by atoms with Gasteiger partial charge in [0.25, 0.3) is 0 Å². The van der Waals surface area contributed by atoms with E-state index in [1.165, 1.54) is 0 Å². The van der Waals surface area contributed by atoms with E-state index in [2.05, 4.69) is 17.1 Å². The number of hydrogen-bond acceptors (Lipinski definition) is 7. The Morgan fingerprint density at radius 3 is 2.39 bits per heavy atom. The van der Waals surface area contributed by atoms with Crippen LogP contribution in [0, 0.1) is 5.92 Å². The number of thiophene rings is 1. The number of methoxy groups -OCH3 is 1. The van der Waals surface area contributed by atoms with Crippen molar-refractivity contribution in [2.24, 2.45) is 5.92 Å². The number of ketones is 1. The number of benzene rings is 2. The predicted molar refractivity (Wildman–Crippen MR) is 144 cm³/mol. The Morgan fingerprint density at radius 1 is 1.06 bits per heavy atom. The van der Waals surface area contributed by atoms with Crippen molar-refractivity contribution >= 4 is 28.8 Å². The number of piperidine rings is 1. The second kappa shape index (κ2) is 12.7. The highest BCUT2D eigenvalue weighted by Gasteiger charge is 2.32. The van der Waals surface area contributed by atoms with Gasteiger partial charge in [-0.2, -0.15) is 11.3 Å². The molecule has 6 nitrogen and oxygen atoms in total. The molecule has 0 saturated carbocycles. The Hall–Kier alpha value is -3.16. The van der Waals surface area contributed by atoms with Gasteiger partial charge in [-0.3, -0.25) is 9.69 Å². The molecule has 1 aromatic heterocycles. The van der Waals surface area contributed by atoms with Crippen molar-refractivity contribution in [3.05, 3.63) is 82.6 Å². The van der Waals surface area contributed by atoms with Gasteiger partial charge in [-0.05, 0) is 84.9 Å². The Balaban J connectivity index is 1.35. The van der Waals surface area contributed by atoms with Gasteiger partial charge < -0.3 is 14.8 Å². The summed E-state index contributed by atoms with van der Waals surface area (Å²) in [5.41, 5.74) is 2.47. The Labute approximate surface area is 217 Å². The van der Waals surface area contributed by atoms with Crippen LogP contribution in [0.3, 0.4) is 0 Å². The summed E-state index contributed by atoms with van der Waals surface area (Å²) >= 11 is 1.56. The molecule has 0 aliphatic carbocycles. The first-order valence-corrected chi connectivity index (χ1v) is 13.5. The molecular weight excluding hydrogens is 472 g/mol. The summed E-state index contributed by atoms with van der Waals surface area (Å²) in [6.45, 7) is 4.16. The average Bonchev–Trinajstić information content (AvgIpc) is 3.46. The highest BCUT2D eigenvalue weighted by Crippen LogP contribution is 2.29. The van der Waals surface area contributed by atoms with Crippen LogP contribution in [-0.2, 0) is 9.53 Å². The lowest BCUT2D eigenvalue weighted by Gasteiger charge is -2.35. The average molecular weight is 507 g/mol. The second-order valence-corrected chi connectivity index (χ2v) is 9.93. The maximum atomic E-state index is 13.4. The first-order valence-electron chi connectivity index (χ1n) is 12.5. The largest absolute Gasteiger partial charge is 0.497 e. The van der Waals surface area contributed by atoms with Crippen LogP contribution < -0.4 is 10.1 Å². The molecule has 1 unspecified atom stereocenters. The molecule has 190 valence electrons. The lowest BCUT2D eigenvalue weighted by Crippen LogP contribution is -2.41. The van der Waals surface area contributed by atoms with Crippen LogP contribution in [0.2, 0.25) is 0 Å². The van der Waals surface area contributed by atoms with Crippen LogP contribution in [0.1, 0.15) is 48.1 Å². The number of carbonyl (C=O) groups is 2. The van der Waals surface area contributed by atoms with Crippen LogP contribution in [-0.4, -0.2) is 49.5 Å². The normalized spacial score (nSPS) is 16.2. The molecule has 2 heterocycles. The molecule has 1 N–H and O–H groups in total. The third-order valence-corrected chi connectivity index (χ3v) is 7.51. The van der Waals surface area contributed by atoms with Crippen molar-refractivity contribution in [3.63, 3.8) is 0 Å². The number of ether oxygens (including phenoxy) is 2. The number of esters is 1. The van der Waals surface area contributed by atoms with E-state index in [0.29, 0.717) is 6.54 Å². The first kappa shape index (κ1) is 25.9. The second-order valence-electron chi connectivity index (χ2n) is 9.15. The summed E-state index contributed by atoms with van der Waals surface area (Å²) in [6, 6.07) is 18.3. The van der Waals surface area contributed by atoms with Gasteiger partial charge in [0, 0.05) is 11.3 Å². The first-order chi connectivity index (χ1) is 17.6. The van der Waals surface area contributed by atoms with Gasteiger partial charge in [0.15, 0.2) is 11.8 Å². The minimum Gasteiger partial charge on any atom is -0.497 e. The molecule has 0 amide bonds. The molecule has 1 fully saturated rings. The molecule has 0 radical (unpaired) electrons. The van der Waals surface area contributed by atoms with E-state index in [0.717, 1.165) is 54.9 Å². The third kappa shape index (κ3) is 6.74. The fraction of sp³-hybridized carbons (Fsp3) is 0.379. The maximum absolute atomic E-state index is 13.4. The van der Waals surface area contributed by atoms with Crippen LogP contribution in [0.25, 0.3) is 0 Å². The quantitative estimate of drug-likeness (QED) is 0.261. The fourth-order valence-corrected chi connectivity index (χ4v) is 5.39. The van der Waals surface area contributed by atoms with Crippen molar-refractivity contribution in [1.29, 1.82) is 0 Å². The zero-order valence-corrected chi connectivity index (χ0v) is 21.7. The zero-order chi connectivity index (χ0) is 25.3. The van der Waals surface area contributed by atoms with Gasteiger partial charge in [0.1, 0.15) is 11.9 Å². The Morgan fingerprint density at radius 2 is 1.78 bits per heavy atom. The van der Waals surface area contributed by atoms with Crippen LogP contribution in [0.15, 0.2) is 71.4 Å². The summed E-state index contributed by atoms with van der Waals surface area (Å²) in [5, 5.41) is 7.29. The van der Waals surface area contributed by atoms with Gasteiger partial charge >= 0.3 is 5.97 Å². The topological polar surface area (TPSA) is 67.9 Å². The predicted octanol–water partition coefficient (Wildman–Crippen LogP) is 5.83. The molecule has 1 aliphatic heterocycles. The molecule has 2 aromatic carbocycles. The molecular formula is C29H34N2O4S. The Bertz CT molecular complexity index is 1090. The van der Waals surface area contributed by atoms with Crippen LogP contribution in [0.5, 0.6) is 5.75 Å². The number of likely N-dealkylation sites (tertiary alicyclic amines) is 1. The van der Waals surface area contributed by atoms with Crippen molar-refractivity contribution in [1.82, 2.24) is 4.90 Å². The van der Waals surface area contributed by atoms with E-state index in [9.17, 15) is 9.59 Å². The van der Waals surface area contributed by atoms with Crippen LogP contribution >= 0.6 is 11.3 Å². The highest BCUT2D eigenvalue weighted by atomic mass is 32.1. The minimum absolute atomic E-state index is 0.149. The minimum atomic E-state index is -0.581. The molecule has 3 aromatic rings. The van der Waals surface area contributed by atoms with Gasteiger partial charge in [-0.1, -0.05) is 37.3 Å². The van der Waals surface area contributed by atoms with E-state index in [1.807, 2.05) is 71.4 Å². The molecule has 0 bridgehead atoms. The van der Waals surface area contributed by atoms with E-state index in [4.69, 9.17) is 9.47 Å². The van der Waals surface area contributed by atoms with E-state index >= 15 is 0 Å². The summed E-state index contributed by atoms with van der Waals surface area (Å²) in [4.78, 5) is 28.2. The number of Topliss-reactive ketones (excluding diaryl/α,β-unsaturated/α-hetero) is 1. The van der Waals surface area contributed by atoms with Crippen molar-refractivity contribution in [3.8, 4) is 5.75 Å². The number of hydrogen-bond donors (Lipinski definition) is 1. The van der Waals surface area contributed by atoms with E-state index < -0.39 is 6.04 Å². The molecule has 0 spiro atoms. The summed E-state index contributed by atoms with van der Waals surface area (Å²) in [6.07, 6.45) is 2.42. The molecule has 1 saturated heterocycles. The SMILES string of the molecule is CC[C@H](OC(=O)C(Nc1ccc(OC)cc1)c1ccsc1)C1CCN(CC(=O)c2ccccc2)CC1. The lowest BCUT2D eigenvalue weighted by molar-refractivity contribution is -0.154. The Kier molecular flexibility index (Phi) is 9.14.